The van der Waals surface area contributed by atoms with Gasteiger partial charge in [0.2, 0.25) is 0 Å². The molecule has 110 valence electrons. The number of benzene rings is 2. The van der Waals surface area contributed by atoms with E-state index in [1.54, 1.807) is 7.11 Å². The van der Waals surface area contributed by atoms with E-state index in [-0.39, 0.29) is 12.0 Å². The van der Waals surface area contributed by atoms with Gasteiger partial charge in [0.05, 0.1) is 19.8 Å². The van der Waals surface area contributed by atoms with Gasteiger partial charge in [-0.1, -0.05) is 24.3 Å². The Morgan fingerprint density at radius 3 is 2.48 bits per heavy atom. The molecule has 0 fully saturated rings. The second-order valence-electron chi connectivity index (χ2n) is 5.42. The van der Waals surface area contributed by atoms with Gasteiger partial charge in [-0.15, -0.1) is 0 Å². The van der Waals surface area contributed by atoms with Crippen LogP contribution in [0.2, 0.25) is 0 Å². The van der Waals surface area contributed by atoms with Gasteiger partial charge in [0, 0.05) is 0 Å². The zero-order valence-electron chi connectivity index (χ0n) is 12.2. The smallest absolute Gasteiger partial charge is 0.119 e. The van der Waals surface area contributed by atoms with Crippen molar-refractivity contribution in [3.8, 4) is 11.5 Å². The van der Waals surface area contributed by atoms with Gasteiger partial charge in [0.25, 0.3) is 0 Å². The van der Waals surface area contributed by atoms with Crippen LogP contribution in [0.3, 0.4) is 0 Å². The minimum atomic E-state index is -0.360. The van der Waals surface area contributed by atoms with Gasteiger partial charge in [0.1, 0.15) is 11.5 Å². The van der Waals surface area contributed by atoms with Crippen LogP contribution in [0.1, 0.15) is 23.7 Å². The van der Waals surface area contributed by atoms with Gasteiger partial charge in [-0.2, -0.15) is 0 Å². The molecule has 2 atom stereocenters. The molecule has 0 saturated heterocycles. The van der Waals surface area contributed by atoms with E-state index < -0.39 is 0 Å². The Labute approximate surface area is 125 Å². The molecule has 0 aromatic heterocycles. The average Bonchev–Trinajstić information content (AvgIpc) is 2.85. The molecule has 0 bridgehead atoms. The van der Waals surface area contributed by atoms with Crippen molar-refractivity contribution in [2.45, 2.75) is 18.9 Å². The van der Waals surface area contributed by atoms with Crippen LogP contribution in [0.4, 0.5) is 0 Å². The van der Waals surface area contributed by atoms with Crippen LogP contribution >= 0.6 is 0 Å². The number of methoxy groups -OCH3 is 1. The number of aliphatic hydroxyl groups excluding tert-OH is 1. The van der Waals surface area contributed by atoms with Crippen LogP contribution in [-0.2, 0) is 6.42 Å². The molecular weight excluding hydrogens is 264 g/mol. The maximum absolute atomic E-state index is 10.3. The van der Waals surface area contributed by atoms with E-state index in [1.807, 2.05) is 42.5 Å². The Hall–Kier alpha value is -2.00. The third-order valence-corrected chi connectivity index (χ3v) is 4.12. The molecule has 3 nitrogen and oxygen atoms in total. The van der Waals surface area contributed by atoms with E-state index in [4.69, 9.17) is 9.47 Å². The molecule has 1 aliphatic carbocycles. The maximum atomic E-state index is 10.3. The SMILES string of the molecule is COc1ccc(OCCC2Cc3ccccc3C2O)cc1. The Balaban J connectivity index is 1.52. The topological polar surface area (TPSA) is 38.7 Å². The predicted octanol–water partition coefficient (Wildman–Crippen LogP) is 3.37. The Kier molecular flexibility index (Phi) is 4.11. The second kappa shape index (κ2) is 6.19. The lowest BCUT2D eigenvalue weighted by Gasteiger charge is -2.15. The molecule has 1 aliphatic rings. The molecule has 3 heteroatoms. The Morgan fingerprint density at radius 2 is 1.76 bits per heavy atom. The molecule has 2 aromatic carbocycles. The van der Waals surface area contributed by atoms with Gasteiger partial charge in [-0.05, 0) is 54.2 Å². The van der Waals surface area contributed by atoms with Crippen LogP contribution in [0, 0.1) is 5.92 Å². The standard InChI is InChI=1S/C18H20O3/c1-20-15-6-8-16(9-7-15)21-11-10-14-12-13-4-2-3-5-17(13)18(14)19/h2-9,14,18-19H,10-12H2,1H3. The van der Waals surface area contributed by atoms with E-state index in [0.717, 1.165) is 29.9 Å². The molecule has 0 spiro atoms. The lowest BCUT2D eigenvalue weighted by molar-refractivity contribution is 0.107. The molecule has 0 radical (unpaired) electrons. The molecule has 0 amide bonds. The average molecular weight is 284 g/mol. The lowest BCUT2D eigenvalue weighted by Crippen LogP contribution is -2.11. The fourth-order valence-electron chi connectivity index (χ4n) is 2.92. The van der Waals surface area contributed by atoms with Gasteiger partial charge >= 0.3 is 0 Å². The number of rotatable bonds is 5. The summed E-state index contributed by atoms with van der Waals surface area (Å²) in [6.07, 6.45) is 1.42. The van der Waals surface area contributed by atoms with Crippen molar-refractivity contribution in [1.82, 2.24) is 0 Å². The van der Waals surface area contributed by atoms with Crippen molar-refractivity contribution >= 4 is 0 Å². The number of fused-ring (bicyclic) bond motifs is 1. The van der Waals surface area contributed by atoms with E-state index in [0.29, 0.717) is 6.61 Å². The highest BCUT2D eigenvalue weighted by Gasteiger charge is 2.30. The van der Waals surface area contributed by atoms with Crippen molar-refractivity contribution in [1.29, 1.82) is 0 Å². The third-order valence-electron chi connectivity index (χ3n) is 4.12. The molecule has 3 rings (SSSR count). The highest BCUT2D eigenvalue weighted by atomic mass is 16.5. The maximum Gasteiger partial charge on any atom is 0.119 e. The lowest BCUT2D eigenvalue weighted by atomic mass is 10.0. The van der Waals surface area contributed by atoms with Gasteiger partial charge < -0.3 is 14.6 Å². The minimum absolute atomic E-state index is 0.251. The summed E-state index contributed by atoms with van der Waals surface area (Å²) in [6.45, 7) is 0.613. The van der Waals surface area contributed by atoms with Crippen molar-refractivity contribution in [2.24, 2.45) is 5.92 Å². The van der Waals surface area contributed by atoms with Crippen molar-refractivity contribution in [3.63, 3.8) is 0 Å². The summed E-state index contributed by atoms with van der Waals surface area (Å²) in [7, 11) is 1.65. The summed E-state index contributed by atoms with van der Waals surface area (Å²) in [5.41, 5.74) is 2.34. The summed E-state index contributed by atoms with van der Waals surface area (Å²) in [5.74, 6) is 1.91. The van der Waals surface area contributed by atoms with Crippen molar-refractivity contribution in [3.05, 3.63) is 59.7 Å². The highest BCUT2D eigenvalue weighted by Crippen LogP contribution is 2.37. The van der Waals surface area contributed by atoms with Crippen LogP contribution in [0.25, 0.3) is 0 Å². The fourth-order valence-corrected chi connectivity index (χ4v) is 2.92. The zero-order chi connectivity index (χ0) is 14.7. The first-order chi connectivity index (χ1) is 10.3. The monoisotopic (exact) mass is 284 g/mol. The summed E-state index contributed by atoms with van der Waals surface area (Å²) in [6, 6.07) is 15.7. The second-order valence-corrected chi connectivity index (χ2v) is 5.42. The zero-order valence-corrected chi connectivity index (χ0v) is 12.2. The molecular formula is C18H20O3. The summed E-state index contributed by atoms with van der Waals surface area (Å²) in [4.78, 5) is 0. The quantitative estimate of drug-likeness (QED) is 0.915. The first kappa shape index (κ1) is 14.0. The van der Waals surface area contributed by atoms with Crippen molar-refractivity contribution < 1.29 is 14.6 Å². The Bertz CT molecular complexity index is 592. The Morgan fingerprint density at radius 1 is 1.05 bits per heavy atom. The molecule has 0 heterocycles. The first-order valence-corrected chi connectivity index (χ1v) is 7.30. The number of hydrogen-bond acceptors (Lipinski definition) is 3. The molecule has 2 unspecified atom stereocenters. The molecule has 21 heavy (non-hydrogen) atoms. The summed E-state index contributed by atoms with van der Waals surface area (Å²) >= 11 is 0. The summed E-state index contributed by atoms with van der Waals surface area (Å²) < 4.78 is 10.9. The predicted molar refractivity (Wildman–Crippen MR) is 81.7 cm³/mol. The molecule has 0 aliphatic heterocycles. The van der Waals surface area contributed by atoms with Crippen LogP contribution < -0.4 is 9.47 Å². The highest BCUT2D eigenvalue weighted by molar-refractivity contribution is 5.34. The van der Waals surface area contributed by atoms with Gasteiger partial charge in [-0.3, -0.25) is 0 Å². The summed E-state index contributed by atoms with van der Waals surface area (Å²) in [5, 5.41) is 10.3. The van der Waals surface area contributed by atoms with Gasteiger partial charge in [0.15, 0.2) is 0 Å². The van der Waals surface area contributed by atoms with Crippen molar-refractivity contribution in [2.75, 3.05) is 13.7 Å². The van der Waals surface area contributed by atoms with Crippen LogP contribution in [0.15, 0.2) is 48.5 Å². The normalized spacial score (nSPS) is 20.1. The van der Waals surface area contributed by atoms with E-state index in [9.17, 15) is 5.11 Å². The van der Waals surface area contributed by atoms with E-state index in [2.05, 4.69) is 6.07 Å². The molecule has 2 aromatic rings. The first-order valence-electron chi connectivity index (χ1n) is 7.30. The van der Waals surface area contributed by atoms with Crippen LogP contribution in [0.5, 0.6) is 11.5 Å². The van der Waals surface area contributed by atoms with E-state index >= 15 is 0 Å². The van der Waals surface area contributed by atoms with E-state index in [1.165, 1.54) is 5.56 Å². The molecule has 0 saturated carbocycles. The van der Waals surface area contributed by atoms with Gasteiger partial charge in [-0.25, -0.2) is 0 Å². The minimum Gasteiger partial charge on any atom is -0.497 e. The number of aliphatic hydroxyl groups is 1. The number of hydrogen-bond donors (Lipinski definition) is 1. The van der Waals surface area contributed by atoms with Crippen LogP contribution in [-0.4, -0.2) is 18.8 Å². The fraction of sp³-hybridized carbons (Fsp3) is 0.333. The molecule has 1 N–H and O–H groups in total. The third kappa shape index (κ3) is 3.03. The largest absolute Gasteiger partial charge is 0.497 e. The number of ether oxygens (including phenoxy) is 2.